The minimum absolute atomic E-state index is 0.0732. The molecule has 1 aliphatic heterocycles. The third-order valence-corrected chi connectivity index (χ3v) is 3.75. The number of rotatable bonds is 1. The number of nitrogens with zero attached hydrogens (tertiary/aromatic N) is 1. The highest BCUT2D eigenvalue weighted by molar-refractivity contribution is 5.94. The molecule has 2 unspecified atom stereocenters. The van der Waals surface area contributed by atoms with E-state index in [-0.39, 0.29) is 11.7 Å². The molecule has 3 heteroatoms. The van der Waals surface area contributed by atoms with Gasteiger partial charge >= 0.3 is 0 Å². The largest absolute Gasteiger partial charge is 0.508 e. The number of carbonyl (C=O) groups is 1. The van der Waals surface area contributed by atoms with E-state index in [1.54, 1.807) is 24.3 Å². The van der Waals surface area contributed by atoms with Crippen LogP contribution in [0.4, 0.5) is 0 Å². The Morgan fingerprint density at radius 2 is 1.94 bits per heavy atom. The molecule has 1 N–H and O–H groups in total. The molecule has 1 fully saturated rings. The maximum Gasteiger partial charge on any atom is 0.254 e. The lowest BCUT2D eigenvalue weighted by molar-refractivity contribution is 0.0551. The molecule has 2 rings (SSSR count). The number of likely N-dealkylation sites (tertiary alicyclic amines) is 1. The SMILES string of the molecule is CC1CCCN(C(=O)c2ccc(O)cc2)C1C. The maximum absolute atomic E-state index is 12.3. The molecule has 0 aromatic heterocycles. The number of hydrogen-bond donors (Lipinski definition) is 1. The van der Waals surface area contributed by atoms with Crippen molar-refractivity contribution >= 4 is 5.91 Å². The van der Waals surface area contributed by atoms with Gasteiger partial charge in [0.05, 0.1) is 0 Å². The molecule has 0 aliphatic carbocycles. The fourth-order valence-corrected chi connectivity index (χ4v) is 2.39. The van der Waals surface area contributed by atoms with Crippen molar-refractivity contribution in [3.8, 4) is 5.75 Å². The first-order valence-electron chi connectivity index (χ1n) is 6.19. The van der Waals surface area contributed by atoms with Crippen LogP contribution in [-0.4, -0.2) is 28.5 Å². The van der Waals surface area contributed by atoms with Crippen LogP contribution in [0, 0.1) is 5.92 Å². The molecule has 1 aromatic rings. The number of benzene rings is 1. The summed E-state index contributed by atoms with van der Waals surface area (Å²) in [4.78, 5) is 14.3. The van der Waals surface area contributed by atoms with Crippen molar-refractivity contribution in [2.75, 3.05) is 6.54 Å². The quantitative estimate of drug-likeness (QED) is 0.810. The average Bonchev–Trinajstić information content (AvgIpc) is 2.33. The van der Waals surface area contributed by atoms with Gasteiger partial charge < -0.3 is 10.0 Å². The van der Waals surface area contributed by atoms with Crippen LogP contribution in [0.5, 0.6) is 5.75 Å². The van der Waals surface area contributed by atoms with Crippen LogP contribution in [-0.2, 0) is 0 Å². The van der Waals surface area contributed by atoms with Gasteiger partial charge in [0.1, 0.15) is 5.75 Å². The zero-order valence-electron chi connectivity index (χ0n) is 10.4. The van der Waals surface area contributed by atoms with Gasteiger partial charge in [-0.25, -0.2) is 0 Å². The molecule has 0 bridgehead atoms. The van der Waals surface area contributed by atoms with Gasteiger partial charge in [-0.3, -0.25) is 4.79 Å². The van der Waals surface area contributed by atoms with Crippen LogP contribution in [0.1, 0.15) is 37.0 Å². The Labute approximate surface area is 102 Å². The highest BCUT2D eigenvalue weighted by Gasteiger charge is 2.28. The van der Waals surface area contributed by atoms with Gasteiger partial charge in [0.15, 0.2) is 0 Å². The molecule has 1 amide bonds. The van der Waals surface area contributed by atoms with Crippen molar-refractivity contribution in [1.29, 1.82) is 0 Å². The highest BCUT2D eigenvalue weighted by atomic mass is 16.3. The minimum Gasteiger partial charge on any atom is -0.508 e. The Kier molecular flexibility index (Phi) is 3.36. The van der Waals surface area contributed by atoms with Crippen molar-refractivity contribution in [3.05, 3.63) is 29.8 Å². The Morgan fingerprint density at radius 1 is 1.29 bits per heavy atom. The van der Waals surface area contributed by atoms with Crippen LogP contribution in [0.3, 0.4) is 0 Å². The summed E-state index contributed by atoms with van der Waals surface area (Å²) in [5, 5.41) is 9.22. The topological polar surface area (TPSA) is 40.5 Å². The maximum atomic E-state index is 12.3. The predicted octanol–water partition coefficient (Wildman–Crippen LogP) is 2.65. The van der Waals surface area contributed by atoms with E-state index < -0.39 is 0 Å². The van der Waals surface area contributed by atoms with E-state index in [0.29, 0.717) is 17.5 Å². The second kappa shape index (κ2) is 4.78. The number of hydrogen-bond acceptors (Lipinski definition) is 2. The monoisotopic (exact) mass is 233 g/mol. The third-order valence-electron chi connectivity index (χ3n) is 3.75. The van der Waals surface area contributed by atoms with Gasteiger partial charge in [0.25, 0.3) is 5.91 Å². The molecule has 0 spiro atoms. The molecule has 0 saturated carbocycles. The first-order valence-corrected chi connectivity index (χ1v) is 6.19. The second-order valence-corrected chi connectivity index (χ2v) is 4.91. The summed E-state index contributed by atoms with van der Waals surface area (Å²) in [5.41, 5.74) is 0.656. The summed E-state index contributed by atoms with van der Waals surface area (Å²) in [5.74, 6) is 0.829. The summed E-state index contributed by atoms with van der Waals surface area (Å²) in [6.45, 7) is 5.15. The van der Waals surface area contributed by atoms with Gasteiger partial charge in [-0.15, -0.1) is 0 Å². The molecule has 92 valence electrons. The number of piperidine rings is 1. The van der Waals surface area contributed by atoms with Crippen molar-refractivity contribution in [2.24, 2.45) is 5.92 Å². The normalized spacial score (nSPS) is 24.7. The van der Waals surface area contributed by atoms with Crippen molar-refractivity contribution in [1.82, 2.24) is 4.90 Å². The van der Waals surface area contributed by atoms with E-state index in [1.807, 2.05) is 4.90 Å². The lowest BCUT2D eigenvalue weighted by Gasteiger charge is -2.38. The molecule has 0 radical (unpaired) electrons. The molecular formula is C14H19NO2. The molecule has 2 atom stereocenters. The van der Waals surface area contributed by atoms with Gasteiger partial charge in [0.2, 0.25) is 0 Å². The molecular weight excluding hydrogens is 214 g/mol. The Bertz CT molecular complexity index is 399. The molecule has 1 aromatic carbocycles. The number of aromatic hydroxyl groups is 1. The standard InChI is InChI=1S/C14H19NO2/c1-10-4-3-9-15(11(10)2)14(17)12-5-7-13(16)8-6-12/h5-8,10-11,16H,3-4,9H2,1-2H3. The summed E-state index contributed by atoms with van der Waals surface area (Å²) < 4.78 is 0. The zero-order chi connectivity index (χ0) is 12.4. The van der Waals surface area contributed by atoms with E-state index in [2.05, 4.69) is 13.8 Å². The van der Waals surface area contributed by atoms with E-state index in [9.17, 15) is 9.90 Å². The summed E-state index contributed by atoms with van der Waals surface area (Å²) >= 11 is 0. The Balaban J connectivity index is 2.16. The number of amides is 1. The van der Waals surface area contributed by atoms with Crippen LogP contribution >= 0.6 is 0 Å². The number of phenolic OH excluding ortho intramolecular Hbond substituents is 1. The van der Waals surface area contributed by atoms with Gasteiger partial charge in [-0.2, -0.15) is 0 Å². The van der Waals surface area contributed by atoms with Gasteiger partial charge in [0, 0.05) is 18.2 Å². The van der Waals surface area contributed by atoms with E-state index in [1.165, 1.54) is 6.42 Å². The fraction of sp³-hybridized carbons (Fsp3) is 0.500. The molecule has 17 heavy (non-hydrogen) atoms. The molecule has 3 nitrogen and oxygen atoms in total. The number of carbonyl (C=O) groups excluding carboxylic acids is 1. The van der Waals surface area contributed by atoms with Crippen LogP contribution in [0.15, 0.2) is 24.3 Å². The summed E-state index contributed by atoms with van der Waals surface area (Å²) in [6, 6.07) is 6.79. The van der Waals surface area contributed by atoms with Gasteiger partial charge in [-0.1, -0.05) is 6.92 Å². The smallest absolute Gasteiger partial charge is 0.254 e. The second-order valence-electron chi connectivity index (χ2n) is 4.91. The lowest BCUT2D eigenvalue weighted by Crippen LogP contribution is -2.46. The van der Waals surface area contributed by atoms with Crippen molar-refractivity contribution in [2.45, 2.75) is 32.7 Å². The average molecular weight is 233 g/mol. The molecule has 1 saturated heterocycles. The van der Waals surface area contributed by atoms with Crippen LogP contribution < -0.4 is 0 Å². The minimum atomic E-state index is 0.0732. The summed E-state index contributed by atoms with van der Waals surface area (Å²) in [7, 11) is 0. The lowest BCUT2D eigenvalue weighted by atomic mass is 9.91. The van der Waals surface area contributed by atoms with E-state index >= 15 is 0 Å². The molecule has 1 heterocycles. The van der Waals surface area contributed by atoms with Crippen LogP contribution in [0.2, 0.25) is 0 Å². The summed E-state index contributed by atoms with van der Waals surface area (Å²) in [6.07, 6.45) is 2.27. The zero-order valence-corrected chi connectivity index (χ0v) is 10.4. The van der Waals surface area contributed by atoms with Crippen LogP contribution in [0.25, 0.3) is 0 Å². The van der Waals surface area contributed by atoms with E-state index in [0.717, 1.165) is 13.0 Å². The Morgan fingerprint density at radius 3 is 2.59 bits per heavy atom. The third kappa shape index (κ3) is 2.43. The Hall–Kier alpha value is -1.51. The first kappa shape index (κ1) is 12.0. The fourth-order valence-electron chi connectivity index (χ4n) is 2.39. The van der Waals surface area contributed by atoms with Crippen molar-refractivity contribution in [3.63, 3.8) is 0 Å². The van der Waals surface area contributed by atoms with Crippen molar-refractivity contribution < 1.29 is 9.90 Å². The van der Waals surface area contributed by atoms with E-state index in [4.69, 9.17) is 0 Å². The molecule has 1 aliphatic rings. The first-order chi connectivity index (χ1) is 8.09. The highest BCUT2D eigenvalue weighted by Crippen LogP contribution is 2.24. The predicted molar refractivity (Wildman–Crippen MR) is 67.0 cm³/mol. The number of phenols is 1. The van der Waals surface area contributed by atoms with Gasteiger partial charge in [-0.05, 0) is 49.9 Å².